The lowest BCUT2D eigenvalue weighted by Gasteiger charge is -2.37. The van der Waals surface area contributed by atoms with E-state index >= 15 is 0 Å². The van der Waals surface area contributed by atoms with E-state index in [2.05, 4.69) is 16.8 Å². The summed E-state index contributed by atoms with van der Waals surface area (Å²) in [5, 5.41) is 1.86. The molecule has 110 valence electrons. The van der Waals surface area contributed by atoms with Crippen molar-refractivity contribution >= 4 is 23.2 Å². The van der Waals surface area contributed by atoms with Crippen molar-refractivity contribution in [1.82, 2.24) is 14.8 Å². The second-order valence-electron chi connectivity index (χ2n) is 4.84. The van der Waals surface area contributed by atoms with Gasteiger partial charge in [-0.3, -0.25) is 4.79 Å². The van der Waals surface area contributed by atoms with Crippen LogP contribution in [0.3, 0.4) is 0 Å². The molecular formula is C13H19N3O3S. The van der Waals surface area contributed by atoms with Crippen molar-refractivity contribution in [1.29, 1.82) is 0 Å². The summed E-state index contributed by atoms with van der Waals surface area (Å²) in [5.41, 5.74) is 0.329. The minimum Gasteiger partial charge on any atom is -0.461 e. The molecule has 1 aromatic rings. The molecule has 1 aliphatic rings. The van der Waals surface area contributed by atoms with Gasteiger partial charge in [-0.2, -0.15) is 0 Å². The van der Waals surface area contributed by atoms with Gasteiger partial charge in [0.2, 0.25) is 5.01 Å². The van der Waals surface area contributed by atoms with E-state index in [0.717, 1.165) is 17.9 Å². The normalized spacial score (nSPS) is 19.9. The molecule has 2 rings (SSSR count). The molecule has 1 aromatic heterocycles. The van der Waals surface area contributed by atoms with Crippen molar-refractivity contribution in [3.63, 3.8) is 0 Å². The van der Waals surface area contributed by atoms with Gasteiger partial charge in [0.1, 0.15) is 5.69 Å². The monoisotopic (exact) mass is 297 g/mol. The molecule has 6 nitrogen and oxygen atoms in total. The third-order valence-corrected chi connectivity index (χ3v) is 4.24. The predicted molar refractivity (Wildman–Crippen MR) is 76.1 cm³/mol. The summed E-state index contributed by atoms with van der Waals surface area (Å²) in [6.07, 6.45) is 0. The van der Waals surface area contributed by atoms with Crippen LogP contribution in [0, 0.1) is 0 Å². The van der Waals surface area contributed by atoms with Crippen LogP contribution in [0.4, 0.5) is 0 Å². The van der Waals surface area contributed by atoms with Gasteiger partial charge in [-0.1, -0.05) is 0 Å². The van der Waals surface area contributed by atoms with Gasteiger partial charge in [0.05, 0.1) is 6.61 Å². The number of rotatable bonds is 3. The standard InChI is InChI=1S/C13H19N3O3S/c1-4-19-13(18)11-14-10(8-20-11)12(17)16-6-5-15(3)9(2)7-16/h8-9H,4-7H2,1-3H3. The second-order valence-corrected chi connectivity index (χ2v) is 5.70. The summed E-state index contributed by atoms with van der Waals surface area (Å²) in [4.78, 5) is 32.0. The van der Waals surface area contributed by atoms with Crippen LogP contribution < -0.4 is 0 Å². The average Bonchev–Trinajstić information content (AvgIpc) is 2.91. The Morgan fingerprint density at radius 1 is 1.50 bits per heavy atom. The molecule has 0 aliphatic carbocycles. The Kier molecular flexibility index (Phi) is 4.72. The molecule has 20 heavy (non-hydrogen) atoms. The van der Waals surface area contributed by atoms with Gasteiger partial charge in [-0.25, -0.2) is 9.78 Å². The van der Waals surface area contributed by atoms with E-state index in [1.54, 1.807) is 17.2 Å². The molecule has 2 heterocycles. The fourth-order valence-corrected chi connectivity index (χ4v) is 2.74. The van der Waals surface area contributed by atoms with Crippen molar-refractivity contribution < 1.29 is 14.3 Å². The summed E-state index contributed by atoms with van der Waals surface area (Å²) < 4.78 is 4.88. The van der Waals surface area contributed by atoms with Gasteiger partial charge in [-0.05, 0) is 20.9 Å². The maximum absolute atomic E-state index is 12.3. The summed E-state index contributed by atoms with van der Waals surface area (Å²) in [7, 11) is 2.05. The molecule has 1 amide bonds. The van der Waals surface area contributed by atoms with Crippen LogP contribution >= 0.6 is 11.3 Å². The number of thiazole rings is 1. The van der Waals surface area contributed by atoms with Crippen LogP contribution in [-0.2, 0) is 4.74 Å². The van der Waals surface area contributed by atoms with Crippen molar-refractivity contribution in [2.45, 2.75) is 19.9 Å². The molecule has 0 radical (unpaired) electrons. The van der Waals surface area contributed by atoms with E-state index in [0.29, 0.717) is 31.4 Å². The number of hydrogen-bond acceptors (Lipinski definition) is 6. The Bertz CT molecular complexity index is 503. The van der Waals surface area contributed by atoms with Crippen LogP contribution in [0.2, 0.25) is 0 Å². The van der Waals surface area contributed by atoms with Crippen molar-refractivity contribution in [2.24, 2.45) is 0 Å². The Labute approximate surface area is 122 Å². The average molecular weight is 297 g/mol. The number of ether oxygens (including phenoxy) is 1. The molecule has 0 N–H and O–H groups in total. The minimum absolute atomic E-state index is 0.114. The summed E-state index contributed by atoms with van der Waals surface area (Å²) >= 11 is 1.15. The number of esters is 1. The zero-order valence-electron chi connectivity index (χ0n) is 12.0. The van der Waals surface area contributed by atoms with E-state index in [9.17, 15) is 9.59 Å². The van der Waals surface area contributed by atoms with Gasteiger partial charge in [0.15, 0.2) is 0 Å². The molecule has 0 spiro atoms. The van der Waals surface area contributed by atoms with E-state index < -0.39 is 5.97 Å². The van der Waals surface area contributed by atoms with Crippen LogP contribution in [0.5, 0.6) is 0 Å². The van der Waals surface area contributed by atoms with Gasteiger partial charge < -0.3 is 14.5 Å². The molecule has 1 aliphatic heterocycles. The summed E-state index contributed by atoms with van der Waals surface area (Å²) in [6.45, 7) is 6.35. The fraction of sp³-hybridized carbons (Fsp3) is 0.615. The van der Waals surface area contributed by atoms with Gasteiger partial charge in [-0.15, -0.1) is 11.3 Å². The summed E-state index contributed by atoms with van der Waals surface area (Å²) in [6, 6.07) is 0.330. The number of amides is 1. The number of aromatic nitrogens is 1. The lowest BCUT2D eigenvalue weighted by atomic mass is 10.2. The number of nitrogens with zero attached hydrogens (tertiary/aromatic N) is 3. The van der Waals surface area contributed by atoms with Crippen molar-refractivity contribution in [2.75, 3.05) is 33.3 Å². The van der Waals surface area contributed by atoms with Crippen LogP contribution in [-0.4, -0.2) is 66.0 Å². The highest BCUT2D eigenvalue weighted by Gasteiger charge is 2.27. The number of likely N-dealkylation sites (N-methyl/N-ethyl adjacent to an activating group) is 1. The fourth-order valence-electron chi connectivity index (χ4n) is 2.05. The molecule has 1 saturated heterocycles. The lowest BCUT2D eigenvalue weighted by Crippen LogP contribution is -2.52. The Morgan fingerprint density at radius 2 is 2.25 bits per heavy atom. The maximum Gasteiger partial charge on any atom is 0.367 e. The molecule has 0 aromatic carbocycles. The van der Waals surface area contributed by atoms with Crippen LogP contribution in [0.1, 0.15) is 34.1 Å². The molecule has 0 bridgehead atoms. The van der Waals surface area contributed by atoms with E-state index in [4.69, 9.17) is 4.74 Å². The SMILES string of the molecule is CCOC(=O)c1nc(C(=O)N2CCN(C)C(C)C2)cs1. The third kappa shape index (κ3) is 3.16. The lowest BCUT2D eigenvalue weighted by molar-refractivity contribution is 0.0525. The van der Waals surface area contributed by atoms with E-state index in [1.807, 2.05) is 7.05 Å². The molecule has 7 heteroatoms. The highest BCUT2D eigenvalue weighted by Crippen LogP contribution is 2.15. The topological polar surface area (TPSA) is 62.7 Å². The number of carbonyl (C=O) groups excluding carboxylic acids is 2. The molecule has 1 atom stereocenters. The maximum atomic E-state index is 12.3. The largest absolute Gasteiger partial charge is 0.461 e. The first kappa shape index (κ1) is 14.9. The van der Waals surface area contributed by atoms with E-state index in [-0.39, 0.29) is 10.9 Å². The van der Waals surface area contributed by atoms with Gasteiger partial charge in [0, 0.05) is 31.1 Å². The van der Waals surface area contributed by atoms with Crippen LogP contribution in [0.15, 0.2) is 5.38 Å². The van der Waals surface area contributed by atoms with Crippen LogP contribution in [0.25, 0.3) is 0 Å². The molecule has 1 unspecified atom stereocenters. The Hall–Kier alpha value is -1.47. The highest BCUT2D eigenvalue weighted by atomic mass is 32.1. The first-order valence-corrected chi connectivity index (χ1v) is 7.53. The van der Waals surface area contributed by atoms with Gasteiger partial charge >= 0.3 is 5.97 Å². The molecule has 0 saturated carbocycles. The number of hydrogen-bond donors (Lipinski definition) is 0. The predicted octanol–water partition coefficient (Wildman–Crippen LogP) is 1.10. The number of piperazine rings is 1. The highest BCUT2D eigenvalue weighted by molar-refractivity contribution is 7.11. The minimum atomic E-state index is -0.469. The van der Waals surface area contributed by atoms with Crippen molar-refractivity contribution in [3.8, 4) is 0 Å². The number of carbonyl (C=O) groups is 2. The quantitative estimate of drug-likeness (QED) is 0.782. The first-order chi connectivity index (χ1) is 9.52. The molecular weight excluding hydrogens is 278 g/mol. The van der Waals surface area contributed by atoms with Gasteiger partial charge in [0.25, 0.3) is 5.91 Å². The van der Waals surface area contributed by atoms with E-state index in [1.165, 1.54) is 0 Å². The zero-order valence-corrected chi connectivity index (χ0v) is 12.8. The second kappa shape index (κ2) is 6.32. The Morgan fingerprint density at radius 3 is 2.90 bits per heavy atom. The first-order valence-electron chi connectivity index (χ1n) is 6.65. The summed E-state index contributed by atoms with van der Waals surface area (Å²) in [5.74, 6) is -0.583. The Balaban J connectivity index is 2.04. The third-order valence-electron chi connectivity index (χ3n) is 3.42. The smallest absolute Gasteiger partial charge is 0.367 e. The zero-order chi connectivity index (χ0) is 14.7. The molecule has 1 fully saturated rings. The van der Waals surface area contributed by atoms with Crippen molar-refractivity contribution in [3.05, 3.63) is 16.1 Å².